The standard InChI is InChI=1S/C5H7NO2S2.C5H6S/c1-4-2-3-5(9-4)10(6,7)8;1-5-3-2-4-6-5/h2-3H,1H3,(H2,6,7,8);2-4H,1H3. The molecule has 2 N–H and O–H groups in total. The third kappa shape index (κ3) is 4.44. The summed E-state index contributed by atoms with van der Waals surface area (Å²) in [5.74, 6) is 0. The molecule has 0 spiro atoms. The molecule has 16 heavy (non-hydrogen) atoms. The van der Waals surface area contributed by atoms with Gasteiger partial charge in [-0.1, -0.05) is 6.07 Å². The van der Waals surface area contributed by atoms with E-state index in [0.29, 0.717) is 0 Å². The molecule has 0 saturated carbocycles. The molecule has 2 aromatic rings. The van der Waals surface area contributed by atoms with Crippen molar-refractivity contribution in [1.82, 2.24) is 0 Å². The van der Waals surface area contributed by atoms with E-state index in [0.717, 1.165) is 4.88 Å². The van der Waals surface area contributed by atoms with Gasteiger partial charge in [0.1, 0.15) is 4.21 Å². The van der Waals surface area contributed by atoms with Gasteiger partial charge in [-0.3, -0.25) is 0 Å². The Morgan fingerprint density at radius 2 is 1.81 bits per heavy atom. The fourth-order valence-electron chi connectivity index (χ4n) is 0.926. The first kappa shape index (κ1) is 13.4. The van der Waals surface area contributed by atoms with Gasteiger partial charge in [-0.15, -0.1) is 22.7 Å². The summed E-state index contributed by atoms with van der Waals surface area (Å²) in [6, 6.07) is 7.39. The van der Waals surface area contributed by atoms with Gasteiger partial charge in [0.2, 0.25) is 10.0 Å². The van der Waals surface area contributed by atoms with E-state index in [1.807, 2.05) is 6.92 Å². The Bertz CT molecular complexity index is 526. The number of primary sulfonamides is 1. The van der Waals surface area contributed by atoms with Crippen LogP contribution in [0.1, 0.15) is 9.75 Å². The summed E-state index contributed by atoms with van der Waals surface area (Å²) < 4.78 is 21.5. The number of aryl methyl sites for hydroxylation is 2. The molecule has 0 fully saturated rings. The highest BCUT2D eigenvalue weighted by Crippen LogP contribution is 2.18. The van der Waals surface area contributed by atoms with Crippen LogP contribution in [0.25, 0.3) is 0 Å². The lowest BCUT2D eigenvalue weighted by Crippen LogP contribution is -2.09. The monoisotopic (exact) mass is 275 g/mol. The van der Waals surface area contributed by atoms with Gasteiger partial charge in [-0.25, -0.2) is 13.6 Å². The van der Waals surface area contributed by atoms with Crippen LogP contribution < -0.4 is 5.14 Å². The minimum absolute atomic E-state index is 0.227. The molecule has 0 aromatic carbocycles. The molecule has 0 amide bonds. The Labute approximate surface area is 104 Å². The molecule has 0 unspecified atom stereocenters. The molecule has 6 heteroatoms. The number of hydrogen-bond donors (Lipinski definition) is 1. The lowest BCUT2D eigenvalue weighted by Gasteiger charge is -1.87. The lowest BCUT2D eigenvalue weighted by molar-refractivity contribution is 0.600. The number of nitrogens with two attached hydrogens (primary N) is 1. The van der Waals surface area contributed by atoms with Crippen LogP contribution >= 0.6 is 22.7 Å². The van der Waals surface area contributed by atoms with Crippen LogP contribution in [0.15, 0.2) is 33.9 Å². The van der Waals surface area contributed by atoms with Crippen molar-refractivity contribution in [3.63, 3.8) is 0 Å². The third-order valence-electron chi connectivity index (χ3n) is 1.66. The van der Waals surface area contributed by atoms with E-state index in [4.69, 9.17) is 5.14 Å². The van der Waals surface area contributed by atoms with Gasteiger partial charge in [-0.05, 0) is 37.4 Å². The first-order chi connectivity index (χ1) is 7.39. The van der Waals surface area contributed by atoms with E-state index in [-0.39, 0.29) is 4.21 Å². The zero-order valence-corrected chi connectivity index (χ0v) is 11.5. The van der Waals surface area contributed by atoms with Crippen LogP contribution in [0.5, 0.6) is 0 Å². The fourth-order valence-corrected chi connectivity index (χ4v) is 3.16. The molecule has 0 atom stereocenters. The van der Waals surface area contributed by atoms with Gasteiger partial charge in [0.15, 0.2) is 0 Å². The molecule has 3 nitrogen and oxygen atoms in total. The van der Waals surface area contributed by atoms with Crippen LogP contribution in [0, 0.1) is 13.8 Å². The summed E-state index contributed by atoms with van der Waals surface area (Å²) in [6.45, 7) is 3.93. The van der Waals surface area contributed by atoms with Crippen molar-refractivity contribution in [3.05, 3.63) is 39.4 Å². The Hall–Kier alpha value is -0.690. The minimum atomic E-state index is -3.46. The van der Waals surface area contributed by atoms with Gasteiger partial charge >= 0.3 is 0 Å². The number of rotatable bonds is 1. The first-order valence-corrected chi connectivity index (χ1v) is 7.73. The van der Waals surface area contributed by atoms with Crippen molar-refractivity contribution in [3.8, 4) is 0 Å². The van der Waals surface area contributed by atoms with E-state index in [1.54, 1.807) is 17.4 Å². The predicted molar refractivity (Wildman–Crippen MR) is 69.5 cm³/mol. The molecule has 0 aliphatic carbocycles. The second-order valence-corrected chi connectivity index (χ2v) is 7.36. The summed E-state index contributed by atoms with van der Waals surface area (Å²) in [4.78, 5) is 2.33. The Morgan fingerprint density at radius 1 is 1.12 bits per heavy atom. The van der Waals surface area contributed by atoms with Crippen LogP contribution in [-0.4, -0.2) is 8.42 Å². The zero-order chi connectivity index (χ0) is 12.2. The molecule has 0 aliphatic rings. The van der Waals surface area contributed by atoms with Crippen LogP contribution in [0.3, 0.4) is 0 Å². The number of hydrogen-bond acceptors (Lipinski definition) is 4. The molecular weight excluding hydrogens is 262 g/mol. The Morgan fingerprint density at radius 3 is 2.00 bits per heavy atom. The average molecular weight is 275 g/mol. The van der Waals surface area contributed by atoms with E-state index in [9.17, 15) is 8.42 Å². The zero-order valence-electron chi connectivity index (χ0n) is 9.01. The topological polar surface area (TPSA) is 60.2 Å². The molecule has 2 rings (SSSR count). The molecule has 0 saturated heterocycles. The van der Waals surface area contributed by atoms with Crippen molar-refractivity contribution in [2.45, 2.75) is 18.1 Å². The second kappa shape index (κ2) is 5.58. The van der Waals surface area contributed by atoms with Crippen molar-refractivity contribution >= 4 is 32.7 Å². The van der Waals surface area contributed by atoms with Gasteiger partial charge < -0.3 is 0 Å². The van der Waals surface area contributed by atoms with Crippen LogP contribution in [0.2, 0.25) is 0 Å². The molecule has 0 aliphatic heterocycles. The predicted octanol–water partition coefficient (Wildman–Crippen LogP) is 2.76. The molecule has 0 radical (unpaired) electrons. The van der Waals surface area contributed by atoms with Crippen molar-refractivity contribution in [2.75, 3.05) is 0 Å². The lowest BCUT2D eigenvalue weighted by atomic mass is 10.5. The molecule has 0 bridgehead atoms. The van der Waals surface area contributed by atoms with Gasteiger partial charge in [0, 0.05) is 9.75 Å². The normalized spacial score (nSPS) is 10.7. The van der Waals surface area contributed by atoms with Crippen molar-refractivity contribution in [2.24, 2.45) is 5.14 Å². The largest absolute Gasteiger partial charge is 0.247 e. The molecule has 88 valence electrons. The molecule has 2 heterocycles. The Balaban J connectivity index is 0.000000181. The smallest absolute Gasteiger partial charge is 0.224 e. The Kier molecular flexibility index (Phi) is 4.67. The molecular formula is C10H13NO2S3. The second-order valence-electron chi connectivity index (χ2n) is 3.13. The summed E-state index contributed by atoms with van der Waals surface area (Å²) in [6.07, 6.45) is 0. The minimum Gasteiger partial charge on any atom is -0.224 e. The summed E-state index contributed by atoms with van der Waals surface area (Å²) in [7, 11) is -3.46. The number of sulfonamides is 1. The van der Waals surface area contributed by atoms with E-state index < -0.39 is 10.0 Å². The SMILES string of the molecule is Cc1ccc(S(N)(=O)=O)s1.Cc1cccs1. The fraction of sp³-hybridized carbons (Fsp3) is 0.200. The maximum atomic E-state index is 10.6. The summed E-state index contributed by atoms with van der Waals surface area (Å²) in [5.41, 5.74) is 0. The highest BCUT2D eigenvalue weighted by atomic mass is 32.2. The number of thiophene rings is 2. The summed E-state index contributed by atoms with van der Waals surface area (Å²) >= 11 is 2.96. The van der Waals surface area contributed by atoms with Crippen LogP contribution in [0.4, 0.5) is 0 Å². The highest BCUT2D eigenvalue weighted by Gasteiger charge is 2.08. The van der Waals surface area contributed by atoms with E-state index in [2.05, 4.69) is 24.4 Å². The van der Waals surface area contributed by atoms with Gasteiger partial charge in [0.25, 0.3) is 0 Å². The van der Waals surface area contributed by atoms with Gasteiger partial charge in [0.05, 0.1) is 0 Å². The van der Waals surface area contributed by atoms with Gasteiger partial charge in [-0.2, -0.15) is 0 Å². The van der Waals surface area contributed by atoms with E-state index >= 15 is 0 Å². The van der Waals surface area contributed by atoms with Crippen LogP contribution in [-0.2, 0) is 10.0 Å². The highest BCUT2D eigenvalue weighted by molar-refractivity contribution is 7.91. The van der Waals surface area contributed by atoms with Crippen molar-refractivity contribution in [1.29, 1.82) is 0 Å². The summed E-state index contributed by atoms with van der Waals surface area (Å²) in [5, 5.41) is 6.93. The maximum absolute atomic E-state index is 10.6. The average Bonchev–Trinajstić information content (AvgIpc) is 2.76. The maximum Gasteiger partial charge on any atom is 0.247 e. The first-order valence-electron chi connectivity index (χ1n) is 4.49. The van der Waals surface area contributed by atoms with E-state index in [1.165, 1.54) is 22.3 Å². The quantitative estimate of drug-likeness (QED) is 0.870. The third-order valence-corrected chi connectivity index (χ3v) is 4.90. The molecule has 2 aromatic heterocycles. The van der Waals surface area contributed by atoms with Crippen molar-refractivity contribution < 1.29 is 8.42 Å².